The summed E-state index contributed by atoms with van der Waals surface area (Å²) in [5.41, 5.74) is 2.13. The quantitative estimate of drug-likeness (QED) is 0.875. The monoisotopic (exact) mass is 326 g/mol. The maximum atomic E-state index is 12.1. The SMILES string of the molecule is O=C1OC[C@H](Cc2ccc3c(c2)OCO3)[C@H]1Cc1ccc(O)cc1. The number of carbonyl (C=O) groups excluding carboxylic acids is 1. The number of phenolic OH excluding ortho intramolecular Hbond substituents is 1. The van der Waals surface area contributed by atoms with Crippen molar-refractivity contribution in [3.05, 3.63) is 53.6 Å². The summed E-state index contributed by atoms with van der Waals surface area (Å²) < 4.78 is 16.0. The normalized spacial score (nSPS) is 21.8. The number of phenols is 1. The van der Waals surface area contributed by atoms with Gasteiger partial charge in [-0.3, -0.25) is 4.79 Å². The van der Waals surface area contributed by atoms with Gasteiger partial charge in [-0.1, -0.05) is 18.2 Å². The van der Waals surface area contributed by atoms with Gasteiger partial charge >= 0.3 is 5.97 Å². The number of carbonyl (C=O) groups is 1. The van der Waals surface area contributed by atoms with Crippen LogP contribution in [0.15, 0.2) is 42.5 Å². The molecule has 0 spiro atoms. The molecule has 24 heavy (non-hydrogen) atoms. The first-order valence-electron chi connectivity index (χ1n) is 8.02. The highest BCUT2D eigenvalue weighted by Gasteiger charge is 2.37. The highest BCUT2D eigenvalue weighted by molar-refractivity contribution is 5.75. The zero-order valence-corrected chi connectivity index (χ0v) is 13.1. The molecule has 2 aliphatic heterocycles. The first-order valence-corrected chi connectivity index (χ1v) is 8.02. The second-order valence-corrected chi connectivity index (χ2v) is 6.26. The van der Waals surface area contributed by atoms with Gasteiger partial charge in [0, 0.05) is 5.92 Å². The number of esters is 1. The number of aromatic hydroxyl groups is 1. The lowest BCUT2D eigenvalue weighted by Crippen LogP contribution is -2.20. The first-order chi connectivity index (χ1) is 11.7. The van der Waals surface area contributed by atoms with Crippen molar-refractivity contribution >= 4 is 5.97 Å². The number of hydrogen-bond donors (Lipinski definition) is 1. The van der Waals surface area contributed by atoms with Crippen molar-refractivity contribution in [3.63, 3.8) is 0 Å². The molecule has 1 N–H and O–H groups in total. The fraction of sp³-hybridized carbons (Fsp3) is 0.316. The molecular formula is C19H18O5. The van der Waals surface area contributed by atoms with Gasteiger partial charge in [-0.05, 0) is 48.2 Å². The van der Waals surface area contributed by atoms with E-state index in [2.05, 4.69) is 0 Å². The van der Waals surface area contributed by atoms with Crippen molar-refractivity contribution in [1.82, 2.24) is 0 Å². The van der Waals surface area contributed by atoms with Gasteiger partial charge in [0.05, 0.1) is 12.5 Å². The molecule has 0 aromatic heterocycles. The van der Waals surface area contributed by atoms with E-state index in [1.807, 2.05) is 30.3 Å². The molecule has 1 saturated heterocycles. The zero-order chi connectivity index (χ0) is 16.5. The lowest BCUT2D eigenvalue weighted by molar-refractivity contribution is -0.141. The lowest BCUT2D eigenvalue weighted by atomic mass is 9.85. The smallest absolute Gasteiger partial charge is 0.309 e. The fourth-order valence-corrected chi connectivity index (χ4v) is 3.31. The van der Waals surface area contributed by atoms with E-state index in [9.17, 15) is 9.90 Å². The molecule has 4 rings (SSSR count). The van der Waals surface area contributed by atoms with Crippen molar-refractivity contribution in [1.29, 1.82) is 0 Å². The summed E-state index contributed by atoms with van der Waals surface area (Å²) in [6.45, 7) is 0.698. The van der Waals surface area contributed by atoms with E-state index < -0.39 is 0 Å². The molecule has 0 bridgehead atoms. The van der Waals surface area contributed by atoms with Crippen LogP contribution in [0.1, 0.15) is 11.1 Å². The van der Waals surface area contributed by atoms with Gasteiger partial charge in [-0.25, -0.2) is 0 Å². The molecule has 124 valence electrons. The molecule has 0 saturated carbocycles. The van der Waals surface area contributed by atoms with E-state index in [4.69, 9.17) is 14.2 Å². The van der Waals surface area contributed by atoms with E-state index in [-0.39, 0.29) is 30.3 Å². The zero-order valence-electron chi connectivity index (χ0n) is 13.1. The van der Waals surface area contributed by atoms with Gasteiger partial charge in [0.1, 0.15) is 5.75 Å². The summed E-state index contributed by atoms with van der Waals surface area (Å²) in [6, 6.07) is 12.9. The molecule has 0 aliphatic carbocycles. The predicted molar refractivity (Wildman–Crippen MR) is 86.0 cm³/mol. The molecule has 5 heteroatoms. The van der Waals surface area contributed by atoms with Gasteiger partial charge in [-0.2, -0.15) is 0 Å². The standard InChI is InChI=1S/C19H18O5/c20-15-4-1-12(2-5-15)8-16-14(10-22-19(16)21)7-13-3-6-17-18(9-13)24-11-23-17/h1-6,9,14,16,20H,7-8,10-11H2/t14-,16+/m0/s1. The van der Waals surface area contributed by atoms with Crippen LogP contribution in [-0.2, 0) is 22.4 Å². The summed E-state index contributed by atoms with van der Waals surface area (Å²) in [5, 5.41) is 9.38. The number of hydrogen-bond acceptors (Lipinski definition) is 5. The van der Waals surface area contributed by atoms with Crippen LogP contribution >= 0.6 is 0 Å². The topological polar surface area (TPSA) is 65.0 Å². The minimum absolute atomic E-state index is 0.131. The molecule has 2 aromatic carbocycles. The third-order valence-electron chi connectivity index (χ3n) is 4.64. The van der Waals surface area contributed by atoms with Gasteiger partial charge in [-0.15, -0.1) is 0 Å². The summed E-state index contributed by atoms with van der Waals surface area (Å²) in [5.74, 6) is 1.57. The third kappa shape index (κ3) is 2.89. The Kier molecular flexibility index (Phi) is 3.76. The second kappa shape index (κ2) is 6.07. The molecular weight excluding hydrogens is 308 g/mol. The van der Waals surface area contributed by atoms with Crippen LogP contribution in [0.4, 0.5) is 0 Å². The van der Waals surface area contributed by atoms with Crippen LogP contribution < -0.4 is 9.47 Å². The number of fused-ring (bicyclic) bond motifs is 1. The van der Waals surface area contributed by atoms with Crippen LogP contribution in [0.25, 0.3) is 0 Å². The second-order valence-electron chi connectivity index (χ2n) is 6.26. The summed E-state index contributed by atoms with van der Waals surface area (Å²) in [6.07, 6.45) is 1.37. The van der Waals surface area contributed by atoms with Crippen molar-refractivity contribution in [3.8, 4) is 17.2 Å². The van der Waals surface area contributed by atoms with E-state index >= 15 is 0 Å². The van der Waals surface area contributed by atoms with E-state index in [1.54, 1.807) is 12.1 Å². The fourth-order valence-electron chi connectivity index (χ4n) is 3.31. The molecule has 1 fully saturated rings. The first kappa shape index (κ1) is 14.9. The molecule has 2 atom stereocenters. The predicted octanol–water partition coefficient (Wildman–Crippen LogP) is 2.70. The van der Waals surface area contributed by atoms with Crippen LogP contribution in [0.3, 0.4) is 0 Å². The van der Waals surface area contributed by atoms with Crippen molar-refractivity contribution in [2.45, 2.75) is 12.8 Å². The highest BCUT2D eigenvalue weighted by atomic mass is 16.7. The Morgan fingerprint density at radius 2 is 1.67 bits per heavy atom. The summed E-state index contributed by atoms with van der Waals surface area (Å²) in [7, 11) is 0. The number of rotatable bonds is 4. The molecule has 0 radical (unpaired) electrons. The van der Waals surface area contributed by atoms with Crippen molar-refractivity contribution < 1.29 is 24.1 Å². The molecule has 2 aromatic rings. The number of benzene rings is 2. The maximum absolute atomic E-state index is 12.1. The number of cyclic esters (lactones) is 1. The van der Waals surface area contributed by atoms with E-state index in [1.165, 1.54) is 0 Å². The molecule has 0 unspecified atom stereocenters. The van der Waals surface area contributed by atoms with Crippen molar-refractivity contribution in [2.24, 2.45) is 11.8 Å². The summed E-state index contributed by atoms with van der Waals surface area (Å²) in [4.78, 5) is 12.1. The Labute approximate surface area is 139 Å². The Balaban J connectivity index is 1.49. The lowest BCUT2D eigenvalue weighted by Gasteiger charge is -2.15. The average molecular weight is 326 g/mol. The Hall–Kier alpha value is -2.69. The maximum Gasteiger partial charge on any atom is 0.309 e. The largest absolute Gasteiger partial charge is 0.508 e. The number of ether oxygens (including phenoxy) is 3. The summed E-state index contributed by atoms with van der Waals surface area (Å²) >= 11 is 0. The van der Waals surface area contributed by atoms with Gasteiger partial charge in [0.15, 0.2) is 11.5 Å². The Morgan fingerprint density at radius 1 is 0.917 bits per heavy atom. The molecule has 5 nitrogen and oxygen atoms in total. The third-order valence-corrected chi connectivity index (χ3v) is 4.64. The van der Waals surface area contributed by atoms with Crippen molar-refractivity contribution in [2.75, 3.05) is 13.4 Å². The van der Waals surface area contributed by atoms with Crippen LogP contribution in [0.2, 0.25) is 0 Å². The van der Waals surface area contributed by atoms with Crippen LogP contribution in [0.5, 0.6) is 17.2 Å². The molecule has 2 aliphatic rings. The molecule has 0 amide bonds. The Bertz CT molecular complexity index is 753. The van der Waals surface area contributed by atoms with Gasteiger partial charge in [0.25, 0.3) is 0 Å². The van der Waals surface area contributed by atoms with E-state index in [0.29, 0.717) is 13.0 Å². The van der Waals surface area contributed by atoms with Crippen LogP contribution in [-0.4, -0.2) is 24.5 Å². The van der Waals surface area contributed by atoms with Gasteiger partial charge in [0.2, 0.25) is 6.79 Å². The minimum Gasteiger partial charge on any atom is -0.508 e. The highest BCUT2D eigenvalue weighted by Crippen LogP contribution is 2.35. The van der Waals surface area contributed by atoms with Gasteiger partial charge < -0.3 is 19.3 Å². The Morgan fingerprint density at radius 3 is 2.50 bits per heavy atom. The minimum atomic E-state index is -0.167. The molecule has 2 heterocycles. The van der Waals surface area contributed by atoms with Crippen LogP contribution in [0, 0.1) is 11.8 Å². The van der Waals surface area contributed by atoms with E-state index in [0.717, 1.165) is 29.0 Å². The average Bonchev–Trinajstić information content (AvgIpc) is 3.18.